The van der Waals surface area contributed by atoms with Crippen LogP contribution in [0.25, 0.3) is 0 Å². The molecular weight excluding hydrogens is 329 g/mol. The van der Waals surface area contributed by atoms with E-state index in [1.807, 2.05) is 24.3 Å². The SMILES string of the molecule is O=Cc1ccc(C2CN(c3c(Cl)cccc3Cl)C2)cc1C1CC1. The summed E-state index contributed by atoms with van der Waals surface area (Å²) in [6.45, 7) is 1.82. The van der Waals surface area contributed by atoms with Crippen LogP contribution in [-0.4, -0.2) is 19.4 Å². The first-order valence-corrected chi connectivity index (χ1v) is 8.71. The molecule has 4 heteroatoms. The van der Waals surface area contributed by atoms with Gasteiger partial charge in [-0.1, -0.05) is 47.5 Å². The molecule has 0 atom stereocenters. The van der Waals surface area contributed by atoms with E-state index < -0.39 is 0 Å². The third-order valence-corrected chi connectivity index (χ3v) is 5.47. The maximum Gasteiger partial charge on any atom is 0.150 e. The number of benzene rings is 2. The second kappa shape index (κ2) is 5.85. The summed E-state index contributed by atoms with van der Waals surface area (Å²) < 4.78 is 0. The zero-order chi connectivity index (χ0) is 16.0. The summed E-state index contributed by atoms with van der Waals surface area (Å²) in [7, 11) is 0. The van der Waals surface area contributed by atoms with E-state index in [1.165, 1.54) is 24.0 Å². The van der Waals surface area contributed by atoms with Gasteiger partial charge in [0.2, 0.25) is 0 Å². The highest BCUT2D eigenvalue weighted by atomic mass is 35.5. The van der Waals surface area contributed by atoms with Gasteiger partial charge in [0.15, 0.2) is 0 Å². The number of aldehydes is 1. The Kier molecular flexibility index (Phi) is 3.82. The minimum absolute atomic E-state index is 0.473. The highest BCUT2D eigenvalue weighted by Crippen LogP contribution is 2.44. The molecule has 2 aliphatic rings. The van der Waals surface area contributed by atoms with Gasteiger partial charge in [-0.05, 0) is 42.0 Å². The average Bonchev–Trinajstić information content (AvgIpc) is 3.33. The van der Waals surface area contributed by atoms with Crippen LogP contribution in [0.2, 0.25) is 10.0 Å². The van der Waals surface area contributed by atoms with Gasteiger partial charge in [0.05, 0.1) is 15.7 Å². The molecule has 23 heavy (non-hydrogen) atoms. The number of anilines is 1. The van der Waals surface area contributed by atoms with E-state index in [0.717, 1.165) is 30.6 Å². The summed E-state index contributed by atoms with van der Waals surface area (Å²) in [4.78, 5) is 13.4. The van der Waals surface area contributed by atoms with Gasteiger partial charge < -0.3 is 4.90 Å². The topological polar surface area (TPSA) is 20.3 Å². The first-order chi connectivity index (χ1) is 11.2. The molecule has 1 saturated carbocycles. The molecule has 0 N–H and O–H groups in total. The Hall–Kier alpha value is -1.51. The Balaban J connectivity index is 1.54. The van der Waals surface area contributed by atoms with Crippen molar-refractivity contribution in [2.75, 3.05) is 18.0 Å². The van der Waals surface area contributed by atoms with Crippen molar-refractivity contribution in [2.45, 2.75) is 24.7 Å². The van der Waals surface area contributed by atoms with Crippen molar-refractivity contribution in [1.29, 1.82) is 0 Å². The highest BCUT2D eigenvalue weighted by Gasteiger charge is 2.32. The summed E-state index contributed by atoms with van der Waals surface area (Å²) in [5.41, 5.74) is 4.32. The molecule has 2 nitrogen and oxygen atoms in total. The molecule has 0 spiro atoms. The van der Waals surface area contributed by atoms with Gasteiger partial charge in [-0.3, -0.25) is 4.79 Å². The van der Waals surface area contributed by atoms with Crippen LogP contribution in [0.4, 0.5) is 5.69 Å². The van der Waals surface area contributed by atoms with Crippen molar-refractivity contribution in [3.05, 3.63) is 63.1 Å². The van der Waals surface area contributed by atoms with Crippen LogP contribution in [0.1, 0.15) is 46.2 Å². The Labute approximate surface area is 146 Å². The summed E-state index contributed by atoms with van der Waals surface area (Å²) in [5, 5.41) is 1.40. The summed E-state index contributed by atoms with van der Waals surface area (Å²) >= 11 is 12.6. The lowest BCUT2D eigenvalue weighted by atomic mass is 9.88. The number of hydrogen-bond donors (Lipinski definition) is 0. The van der Waals surface area contributed by atoms with E-state index in [-0.39, 0.29) is 0 Å². The van der Waals surface area contributed by atoms with Gasteiger partial charge in [-0.25, -0.2) is 0 Å². The molecule has 1 aliphatic heterocycles. The van der Waals surface area contributed by atoms with Crippen LogP contribution in [0.5, 0.6) is 0 Å². The summed E-state index contributed by atoms with van der Waals surface area (Å²) in [6, 6.07) is 11.9. The smallest absolute Gasteiger partial charge is 0.150 e. The highest BCUT2D eigenvalue weighted by molar-refractivity contribution is 6.39. The van der Waals surface area contributed by atoms with Gasteiger partial charge in [-0.2, -0.15) is 0 Å². The minimum atomic E-state index is 0.473. The van der Waals surface area contributed by atoms with Crippen molar-refractivity contribution >= 4 is 35.2 Å². The molecule has 4 rings (SSSR count). The predicted octanol–water partition coefficient (Wildman–Crippen LogP) is 5.29. The average molecular weight is 346 g/mol. The number of hydrogen-bond acceptors (Lipinski definition) is 2. The maximum absolute atomic E-state index is 11.2. The van der Waals surface area contributed by atoms with E-state index >= 15 is 0 Å². The Morgan fingerprint density at radius 2 is 1.70 bits per heavy atom. The van der Waals surface area contributed by atoms with Crippen LogP contribution in [0, 0.1) is 0 Å². The molecule has 0 unspecified atom stereocenters. The third kappa shape index (κ3) is 2.75. The number of carbonyl (C=O) groups excluding carboxylic acids is 1. The maximum atomic E-state index is 11.2. The number of para-hydroxylation sites is 1. The minimum Gasteiger partial charge on any atom is -0.368 e. The van der Waals surface area contributed by atoms with E-state index in [4.69, 9.17) is 23.2 Å². The standard InChI is InChI=1S/C19H17Cl2NO/c20-17-2-1-3-18(21)19(17)22-9-15(10-22)13-6-7-14(11-23)16(8-13)12-4-5-12/h1-3,6-8,11-12,15H,4-5,9-10H2. The zero-order valence-electron chi connectivity index (χ0n) is 12.6. The van der Waals surface area contributed by atoms with Gasteiger partial charge in [0.25, 0.3) is 0 Å². The quantitative estimate of drug-likeness (QED) is 0.702. The molecule has 0 aromatic heterocycles. The van der Waals surface area contributed by atoms with Gasteiger partial charge in [-0.15, -0.1) is 0 Å². The van der Waals surface area contributed by atoms with Crippen LogP contribution < -0.4 is 4.90 Å². The van der Waals surface area contributed by atoms with Crippen LogP contribution in [0.3, 0.4) is 0 Å². The second-order valence-corrected chi connectivity index (χ2v) is 7.27. The van der Waals surface area contributed by atoms with Crippen molar-refractivity contribution in [2.24, 2.45) is 0 Å². The molecule has 2 aromatic rings. The molecule has 1 aliphatic carbocycles. The summed E-state index contributed by atoms with van der Waals surface area (Å²) in [5.74, 6) is 1.06. The van der Waals surface area contributed by atoms with E-state index in [1.54, 1.807) is 0 Å². The van der Waals surface area contributed by atoms with E-state index in [2.05, 4.69) is 17.0 Å². The third-order valence-electron chi connectivity index (χ3n) is 4.86. The fraction of sp³-hybridized carbons (Fsp3) is 0.316. The van der Waals surface area contributed by atoms with Crippen molar-refractivity contribution in [3.63, 3.8) is 0 Å². The zero-order valence-corrected chi connectivity index (χ0v) is 14.1. The Morgan fingerprint density at radius 3 is 2.30 bits per heavy atom. The van der Waals surface area contributed by atoms with Crippen molar-refractivity contribution in [1.82, 2.24) is 0 Å². The molecule has 1 saturated heterocycles. The molecule has 0 amide bonds. The van der Waals surface area contributed by atoms with Gasteiger partial charge >= 0.3 is 0 Å². The predicted molar refractivity (Wildman–Crippen MR) is 95.2 cm³/mol. The first-order valence-electron chi connectivity index (χ1n) is 7.95. The molecule has 2 fully saturated rings. The van der Waals surface area contributed by atoms with Crippen molar-refractivity contribution < 1.29 is 4.79 Å². The van der Waals surface area contributed by atoms with Gasteiger partial charge in [0.1, 0.15) is 6.29 Å². The molecule has 0 bridgehead atoms. The normalized spacial score (nSPS) is 17.9. The van der Waals surface area contributed by atoms with Crippen LogP contribution in [0.15, 0.2) is 36.4 Å². The molecular formula is C19H17Cl2NO. The monoisotopic (exact) mass is 345 g/mol. The summed E-state index contributed by atoms with van der Waals surface area (Å²) in [6.07, 6.45) is 3.39. The fourth-order valence-corrected chi connectivity index (χ4v) is 4.00. The lowest BCUT2D eigenvalue weighted by molar-refractivity contribution is 0.112. The van der Waals surface area contributed by atoms with Crippen LogP contribution >= 0.6 is 23.2 Å². The molecule has 118 valence electrons. The largest absolute Gasteiger partial charge is 0.368 e. The first kappa shape index (κ1) is 15.0. The molecule has 0 radical (unpaired) electrons. The van der Waals surface area contributed by atoms with Crippen molar-refractivity contribution in [3.8, 4) is 0 Å². The Bertz CT molecular complexity index is 744. The Morgan fingerprint density at radius 1 is 1.00 bits per heavy atom. The second-order valence-electron chi connectivity index (χ2n) is 6.45. The lowest BCUT2D eigenvalue weighted by Gasteiger charge is -2.42. The number of carbonyl (C=O) groups is 1. The number of nitrogens with zero attached hydrogens (tertiary/aromatic N) is 1. The van der Waals surface area contributed by atoms with Crippen LogP contribution in [-0.2, 0) is 0 Å². The molecule has 1 heterocycles. The lowest BCUT2D eigenvalue weighted by Crippen LogP contribution is -2.45. The molecule has 2 aromatic carbocycles. The van der Waals surface area contributed by atoms with E-state index in [9.17, 15) is 4.79 Å². The van der Waals surface area contributed by atoms with Gasteiger partial charge in [0, 0.05) is 24.6 Å². The number of rotatable bonds is 4. The number of halogens is 2. The fourth-order valence-electron chi connectivity index (χ4n) is 3.37. The van der Waals surface area contributed by atoms with E-state index in [0.29, 0.717) is 21.9 Å².